The van der Waals surface area contributed by atoms with E-state index >= 15 is 0 Å². The second-order valence-corrected chi connectivity index (χ2v) is 3.54. The molecule has 2 N–H and O–H groups in total. The van der Waals surface area contributed by atoms with E-state index in [1.807, 2.05) is 0 Å². The zero-order chi connectivity index (χ0) is 13.1. The zero-order valence-electron chi connectivity index (χ0n) is 8.75. The molecule has 0 radical (unpaired) electrons. The maximum atomic E-state index is 11.8. The van der Waals surface area contributed by atoms with Crippen LogP contribution in [0.4, 0.5) is 11.4 Å². The van der Waals surface area contributed by atoms with E-state index < -0.39 is 16.5 Å². The van der Waals surface area contributed by atoms with Crippen molar-refractivity contribution in [3.63, 3.8) is 0 Å². The Balaban J connectivity index is 2.25. The van der Waals surface area contributed by atoms with Gasteiger partial charge in [-0.3, -0.25) is 20.0 Å². The lowest BCUT2D eigenvalue weighted by atomic mass is 10.3. The molecule has 0 fully saturated rings. The van der Waals surface area contributed by atoms with Crippen molar-refractivity contribution in [2.75, 3.05) is 5.32 Å². The van der Waals surface area contributed by atoms with Crippen LogP contribution in [-0.4, -0.2) is 26.0 Å². The second-order valence-electron chi connectivity index (χ2n) is 3.18. The molecule has 0 spiro atoms. The van der Waals surface area contributed by atoms with Gasteiger partial charge in [0, 0.05) is 6.20 Å². The average molecular weight is 268 g/mol. The zero-order valence-corrected chi connectivity index (χ0v) is 9.51. The lowest BCUT2D eigenvalue weighted by molar-refractivity contribution is -0.385. The number of rotatable bonds is 3. The van der Waals surface area contributed by atoms with E-state index in [1.54, 1.807) is 6.07 Å². The van der Waals surface area contributed by atoms with E-state index in [2.05, 4.69) is 20.5 Å². The highest BCUT2D eigenvalue weighted by molar-refractivity contribution is 6.32. The number of nitro groups is 1. The number of H-pyrrole nitrogens is 1. The first-order valence-electron chi connectivity index (χ1n) is 4.69. The molecule has 0 saturated carbocycles. The molecule has 0 aliphatic heterocycles. The topological polar surface area (TPSA) is 114 Å². The molecule has 0 aromatic carbocycles. The molecule has 2 heterocycles. The van der Waals surface area contributed by atoms with Gasteiger partial charge in [0.15, 0.2) is 5.15 Å². The van der Waals surface area contributed by atoms with Gasteiger partial charge in [0.05, 0.1) is 10.6 Å². The molecule has 0 bridgehead atoms. The predicted molar refractivity (Wildman–Crippen MR) is 62.4 cm³/mol. The van der Waals surface area contributed by atoms with Crippen molar-refractivity contribution in [1.82, 2.24) is 15.2 Å². The van der Waals surface area contributed by atoms with Crippen LogP contribution in [0, 0.1) is 10.1 Å². The van der Waals surface area contributed by atoms with E-state index in [4.69, 9.17) is 11.6 Å². The molecule has 0 saturated heterocycles. The quantitative estimate of drug-likeness (QED) is 0.498. The number of aromatic amines is 1. The van der Waals surface area contributed by atoms with Crippen LogP contribution >= 0.6 is 11.6 Å². The monoisotopic (exact) mass is 267 g/mol. The van der Waals surface area contributed by atoms with Gasteiger partial charge in [-0.05, 0) is 12.1 Å². The van der Waals surface area contributed by atoms with Crippen molar-refractivity contribution in [3.05, 3.63) is 45.5 Å². The third-order valence-electron chi connectivity index (χ3n) is 2.05. The molecule has 9 heteroatoms. The number of carbonyl (C=O) groups excluding carboxylic acids is 1. The average Bonchev–Trinajstić information content (AvgIpc) is 2.81. The van der Waals surface area contributed by atoms with Crippen LogP contribution in [0.25, 0.3) is 0 Å². The molecule has 8 nitrogen and oxygen atoms in total. The number of aromatic nitrogens is 3. The molecule has 18 heavy (non-hydrogen) atoms. The van der Waals surface area contributed by atoms with Crippen molar-refractivity contribution in [3.8, 4) is 0 Å². The maximum Gasteiger partial charge on any atom is 0.319 e. The van der Waals surface area contributed by atoms with Crippen LogP contribution < -0.4 is 5.32 Å². The van der Waals surface area contributed by atoms with Gasteiger partial charge in [-0.15, -0.1) is 0 Å². The Morgan fingerprint density at radius 3 is 3.00 bits per heavy atom. The molecular formula is C9H6ClN5O3. The summed E-state index contributed by atoms with van der Waals surface area (Å²) in [6, 6.07) is 3.10. The molecule has 0 aliphatic carbocycles. The number of hydrogen-bond acceptors (Lipinski definition) is 5. The van der Waals surface area contributed by atoms with Gasteiger partial charge in [-0.25, -0.2) is 4.98 Å². The van der Waals surface area contributed by atoms with Gasteiger partial charge in [0.2, 0.25) is 5.69 Å². The summed E-state index contributed by atoms with van der Waals surface area (Å²) in [5, 5.41) is 18.8. The van der Waals surface area contributed by atoms with E-state index in [9.17, 15) is 14.9 Å². The van der Waals surface area contributed by atoms with Crippen molar-refractivity contribution >= 4 is 28.9 Å². The first kappa shape index (κ1) is 12.0. The minimum atomic E-state index is -0.714. The minimum Gasteiger partial charge on any atom is -0.318 e. The van der Waals surface area contributed by atoms with E-state index in [-0.39, 0.29) is 16.5 Å². The SMILES string of the molecule is O=C(Nc1cccnc1Cl)c1[nH]ncc1[N+](=O)[O-]. The van der Waals surface area contributed by atoms with Crippen LogP contribution in [0.15, 0.2) is 24.5 Å². The van der Waals surface area contributed by atoms with Gasteiger partial charge in [-0.2, -0.15) is 5.10 Å². The highest BCUT2D eigenvalue weighted by Gasteiger charge is 2.23. The summed E-state index contributed by atoms with van der Waals surface area (Å²) in [6.45, 7) is 0. The fraction of sp³-hybridized carbons (Fsp3) is 0. The standard InChI is InChI=1S/C9H6ClN5O3/c10-8-5(2-1-3-11-8)13-9(16)7-6(15(17)18)4-12-14-7/h1-4H,(H,12,14)(H,13,16). The van der Waals surface area contributed by atoms with Crippen LogP contribution in [-0.2, 0) is 0 Å². The Bertz CT molecular complexity index is 612. The first-order chi connectivity index (χ1) is 8.59. The number of nitrogens with one attached hydrogen (secondary N) is 2. The van der Waals surface area contributed by atoms with Gasteiger partial charge in [0.25, 0.3) is 5.91 Å². The summed E-state index contributed by atoms with van der Waals surface area (Å²) < 4.78 is 0. The van der Waals surface area contributed by atoms with E-state index in [0.717, 1.165) is 6.20 Å². The minimum absolute atomic E-state index is 0.0908. The Morgan fingerprint density at radius 2 is 2.33 bits per heavy atom. The third-order valence-corrected chi connectivity index (χ3v) is 2.35. The van der Waals surface area contributed by atoms with E-state index in [1.165, 1.54) is 12.3 Å². The second kappa shape index (κ2) is 4.80. The molecule has 2 aromatic heterocycles. The molecular weight excluding hydrogens is 262 g/mol. The summed E-state index contributed by atoms with van der Waals surface area (Å²) in [5.74, 6) is -0.714. The molecule has 0 unspecified atom stereocenters. The predicted octanol–water partition coefficient (Wildman–Crippen LogP) is 1.62. The summed E-state index contributed by atoms with van der Waals surface area (Å²) in [6.07, 6.45) is 2.41. The highest BCUT2D eigenvalue weighted by atomic mass is 35.5. The van der Waals surface area contributed by atoms with Crippen molar-refractivity contribution < 1.29 is 9.72 Å². The fourth-order valence-electron chi connectivity index (χ4n) is 1.25. The van der Waals surface area contributed by atoms with Crippen LogP contribution in [0.2, 0.25) is 5.15 Å². The smallest absolute Gasteiger partial charge is 0.318 e. The highest BCUT2D eigenvalue weighted by Crippen LogP contribution is 2.20. The summed E-state index contributed by atoms with van der Waals surface area (Å²) >= 11 is 5.75. The maximum absolute atomic E-state index is 11.8. The molecule has 2 rings (SSSR count). The van der Waals surface area contributed by atoms with Crippen LogP contribution in [0.3, 0.4) is 0 Å². The Hall–Kier alpha value is -2.48. The fourth-order valence-corrected chi connectivity index (χ4v) is 1.42. The first-order valence-corrected chi connectivity index (χ1v) is 5.07. The lowest BCUT2D eigenvalue weighted by Gasteiger charge is -2.04. The van der Waals surface area contributed by atoms with Crippen LogP contribution in [0.1, 0.15) is 10.5 Å². The Morgan fingerprint density at radius 1 is 1.56 bits per heavy atom. The van der Waals surface area contributed by atoms with Gasteiger partial charge >= 0.3 is 5.69 Å². The normalized spacial score (nSPS) is 10.1. The van der Waals surface area contributed by atoms with Gasteiger partial charge < -0.3 is 5.32 Å². The summed E-state index contributed by atoms with van der Waals surface area (Å²) in [7, 11) is 0. The number of pyridine rings is 1. The lowest BCUT2D eigenvalue weighted by Crippen LogP contribution is -2.14. The largest absolute Gasteiger partial charge is 0.319 e. The molecule has 2 aromatic rings. The third kappa shape index (κ3) is 2.28. The summed E-state index contributed by atoms with van der Waals surface area (Å²) in [4.78, 5) is 25.5. The van der Waals surface area contributed by atoms with Gasteiger partial charge in [0.1, 0.15) is 6.20 Å². The number of anilines is 1. The summed E-state index contributed by atoms with van der Waals surface area (Å²) in [5.41, 5.74) is -0.402. The molecule has 1 amide bonds. The van der Waals surface area contributed by atoms with Crippen molar-refractivity contribution in [2.45, 2.75) is 0 Å². The number of carbonyl (C=O) groups is 1. The number of nitrogens with zero attached hydrogens (tertiary/aromatic N) is 3. The van der Waals surface area contributed by atoms with Gasteiger partial charge in [-0.1, -0.05) is 11.6 Å². The molecule has 0 aliphatic rings. The molecule has 0 atom stereocenters. The van der Waals surface area contributed by atoms with Crippen molar-refractivity contribution in [2.24, 2.45) is 0 Å². The van der Waals surface area contributed by atoms with E-state index in [0.29, 0.717) is 0 Å². The number of halogens is 1. The Labute approximate surface area is 105 Å². The Kier molecular flexibility index (Phi) is 3.20. The number of hydrogen-bond donors (Lipinski definition) is 2. The van der Waals surface area contributed by atoms with Crippen LogP contribution in [0.5, 0.6) is 0 Å². The molecule has 92 valence electrons. The van der Waals surface area contributed by atoms with Crippen molar-refractivity contribution in [1.29, 1.82) is 0 Å². The number of amides is 1.